The lowest BCUT2D eigenvalue weighted by Crippen LogP contribution is -2.25. The molecule has 30 heavy (non-hydrogen) atoms. The molecule has 0 heterocycles. The van der Waals surface area contributed by atoms with Crippen LogP contribution in [0.15, 0.2) is 47.6 Å². The molecule has 0 aromatic heterocycles. The van der Waals surface area contributed by atoms with E-state index in [1.807, 2.05) is 12.1 Å². The Hall–Kier alpha value is -3.02. The summed E-state index contributed by atoms with van der Waals surface area (Å²) >= 11 is 0. The van der Waals surface area contributed by atoms with Crippen molar-refractivity contribution in [1.82, 2.24) is 5.43 Å². The van der Waals surface area contributed by atoms with Crippen LogP contribution in [0.3, 0.4) is 0 Å². The summed E-state index contributed by atoms with van der Waals surface area (Å²) < 4.78 is 10.6. The number of rotatable bonds is 8. The van der Waals surface area contributed by atoms with Crippen molar-refractivity contribution >= 4 is 12.1 Å². The average molecular weight is 413 g/mol. The molecule has 0 radical (unpaired) electrons. The number of hydrogen-bond acceptors (Lipinski definition) is 5. The molecule has 2 N–H and O–H groups in total. The maximum atomic E-state index is 12.0. The summed E-state index contributed by atoms with van der Waals surface area (Å²) in [7, 11) is 1.47. The summed E-state index contributed by atoms with van der Waals surface area (Å²) in [6.07, 6.45) is 2.53. The number of nitrogens with one attached hydrogen (secondary N) is 1. The highest BCUT2D eigenvalue weighted by Crippen LogP contribution is 2.36. The zero-order valence-corrected chi connectivity index (χ0v) is 18.7. The molecule has 0 saturated carbocycles. The van der Waals surface area contributed by atoms with Crippen LogP contribution in [-0.2, 0) is 10.2 Å². The third kappa shape index (κ3) is 7.10. The molecule has 0 unspecified atom stereocenters. The number of benzene rings is 2. The Labute approximate surface area is 178 Å². The number of phenols is 1. The second-order valence-corrected chi connectivity index (χ2v) is 9.16. The van der Waals surface area contributed by atoms with Gasteiger partial charge in [0, 0.05) is 0 Å². The molecule has 0 aliphatic rings. The summed E-state index contributed by atoms with van der Waals surface area (Å²) in [6.45, 7) is 11.1. The maximum Gasteiger partial charge on any atom is 0.277 e. The van der Waals surface area contributed by atoms with Crippen LogP contribution in [0.2, 0.25) is 0 Å². The van der Waals surface area contributed by atoms with Crippen molar-refractivity contribution in [1.29, 1.82) is 0 Å². The fourth-order valence-electron chi connectivity index (χ4n) is 3.56. The summed E-state index contributed by atoms with van der Waals surface area (Å²) in [6, 6.07) is 12.6. The first kappa shape index (κ1) is 23.3. The summed E-state index contributed by atoms with van der Waals surface area (Å²) in [5, 5.41) is 13.5. The van der Waals surface area contributed by atoms with Crippen molar-refractivity contribution in [2.24, 2.45) is 10.5 Å². The third-order valence-corrected chi connectivity index (χ3v) is 4.58. The number of carbonyl (C=O) groups excluding carboxylic acids is 1. The van der Waals surface area contributed by atoms with E-state index < -0.39 is 0 Å². The molecule has 0 fully saturated rings. The fraction of sp³-hybridized carbons (Fsp3) is 0.417. The average Bonchev–Trinajstić information content (AvgIpc) is 2.66. The van der Waals surface area contributed by atoms with Crippen LogP contribution in [0.1, 0.15) is 52.2 Å². The molecule has 6 nitrogen and oxygen atoms in total. The van der Waals surface area contributed by atoms with E-state index in [1.165, 1.54) is 25.0 Å². The van der Waals surface area contributed by atoms with Gasteiger partial charge in [0.1, 0.15) is 5.75 Å². The number of hydrogen-bond donors (Lipinski definition) is 2. The van der Waals surface area contributed by atoms with Gasteiger partial charge in [-0.2, -0.15) is 5.10 Å². The highest BCUT2D eigenvalue weighted by Gasteiger charge is 2.27. The van der Waals surface area contributed by atoms with Crippen molar-refractivity contribution < 1.29 is 19.4 Å². The van der Waals surface area contributed by atoms with Gasteiger partial charge in [0.15, 0.2) is 18.1 Å². The quantitative estimate of drug-likeness (QED) is 0.489. The molecule has 0 aliphatic carbocycles. The lowest BCUT2D eigenvalue weighted by Gasteiger charge is -2.33. The number of hydrazone groups is 1. The number of methoxy groups -OCH3 is 1. The van der Waals surface area contributed by atoms with Gasteiger partial charge in [-0.05, 0) is 58.7 Å². The zero-order chi connectivity index (χ0) is 22.4. The Morgan fingerprint density at radius 3 is 2.37 bits per heavy atom. The normalized spacial score (nSPS) is 12.1. The van der Waals surface area contributed by atoms with Crippen LogP contribution in [0.4, 0.5) is 0 Å². The highest BCUT2D eigenvalue weighted by atomic mass is 16.5. The van der Waals surface area contributed by atoms with Gasteiger partial charge in [0.2, 0.25) is 0 Å². The molecule has 0 spiro atoms. The predicted molar refractivity (Wildman–Crippen MR) is 119 cm³/mol. The molecule has 162 valence electrons. The molecule has 0 bridgehead atoms. The Morgan fingerprint density at radius 2 is 1.77 bits per heavy atom. The van der Waals surface area contributed by atoms with Crippen LogP contribution in [0.5, 0.6) is 17.2 Å². The monoisotopic (exact) mass is 412 g/mol. The van der Waals surface area contributed by atoms with Gasteiger partial charge in [-0.15, -0.1) is 0 Å². The first-order valence-electron chi connectivity index (χ1n) is 9.92. The van der Waals surface area contributed by atoms with E-state index in [2.05, 4.69) is 57.3 Å². The third-order valence-electron chi connectivity index (χ3n) is 4.58. The van der Waals surface area contributed by atoms with Gasteiger partial charge >= 0.3 is 0 Å². The molecule has 6 heteroatoms. The van der Waals surface area contributed by atoms with Crippen LogP contribution >= 0.6 is 0 Å². The maximum absolute atomic E-state index is 12.0. The number of phenolic OH excluding ortho intramolecular Hbond substituents is 1. The van der Waals surface area contributed by atoms with Gasteiger partial charge in [-0.1, -0.05) is 46.8 Å². The summed E-state index contributed by atoms with van der Waals surface area (Å²) in [5.41, 5.74) is 4.63. The minimum atomic E-state index is -0.367. The minimum absolute atomic E-state index is 0.0416. The number of amides is 1. The predicted octanol–water partition coefficient (Wildman–Crippen LogP) is 4.64. The largest absolute Gasteiger partial charge is 0.504 e. The van der Waals surface area contributed by atoms with Crippen molar-refractivity contribution in [3.63, 3.8) is 0 Å². The fourth-order valence-corrected chi connectivity index (χ4v) is 3.56. The van der Waals surface area contributed by atoms with Crippen molar-refractivity contribution in [2.45, 2.75) is 46.5 Å². The van der Waals surface area contributed by atoms with E-state index in [0.717, 1.165) is 6.42 Å². The van der Waals surface area contributed by atoms with E-state index in [9.17, 15) is 9.90 Å². The molecular weight excluding hydrogens is 380 g/mol. The van der Waals surface area contributed by atoms with Gasteiger partial charge in [0.25, 0.3) is 5.91 Å². The van der Waals surface area contributed by atoms with E-state index in [0.29, 0.717) is 17.1 Å². The van der Waals surface area contributed by atoms with Crippen molar-refractivity contribution in [3.8, 4) is 17.2 Å². The van der Waals surface area contributed by atoms with Gasteiger partial charge in [0.05, 0.1) is 13.3 Å². The van der Waals surface area contributed by atoms with Crippen molar-refractivity contribution in [3.05, 3.63) is 53.6 Å². The minimum Gasteiger partial charge on any atom is -0.504 e. The van der Waals surface area contributed by atoms with Crippen LogP contribution < -0.4 is 14.9 Å². The first-order chi connectivity index (χ1) is 14.0. The summed E-state index contributed by atoms with van der Waals surface area (Å²) in [5.74, 6) is 0.643. The van der Waals surface area contributed by atoms with Crippen LogP contribution in [-0.4, -0.2) is 30.9 Å². The molecule has 2 aromatic carbocycles. The Bertz CT molecular complexity index is 881. The first-order valence-corrected chi connectivity index (χ1v) is 9.92. The van der Waals surface area contributed by atoms with E-state index in [-0.39, 0.29) is 29.1 Å². The number of ether oxygens (including phenoxy) is 2. The molecule has 0 aliphatic heterocycles. The topological polar surface area (TPSA) is 80.2 Å². The smallest absolute Gasteiger partial charge is 0.277 e. The van der Waals surface area contributed by atoms with E-state index in [1.54, 1.807) is 12.1 Å². The number of carbonyl (C=O) groups is 1. The Morgan fingerprint density at radius 1 is 1.10 bits per heavy atom. The lowest BCUT2D eigenvalue weighted by molar-refractivity contribution is -0.123. The van der Waals surface area contributed by atoms with Gasteiger partial charge in [-0.3, -0.25) is 4.79 Å². The molecule has 1 amide bonds. The SMILES string of the molecule is COc1cc(C=NNC(=O)COc2ccc(C(C)(C)CC(C)(C)C)cc2)ccc1O. The van der Waals surface area contributed by atoms with Gasteiger partial charge in [-0.25, -0.2) is 5.43 Å². The van der Waals surface area contributed by atoms with Gasteiger partial charge < -0.3 is 14.6 Å². The molecule has 2 rings (SSSR count). The Kier molecular flexibility index (Phi) is 7.48. The summed E-state index contributed by atoms with van der Waals surface area (Å²) in [4.78, 5) is 12.0. The zero-order valence-electron chi connectivity index (χ0n) is 18.7. The standard InChI is InChI=1S/C24H32N2O4/c1-23(2,3)16-24(4,5)18-8-10-19(11-9-18)30-15-22(28)26-25-14-17-7-12-20(27)21(13-17)29-6/h7-14,27H,15-16H2,1-6H3,(H,26,28). The number of aromatic hydroxyl groups is 1. The van der Waals surface area contributed by atoms with Crippen molar-refractivity contribution in [2.75, 3.05) is 13.7 Å². The second-order valence-electron chi connectivity index (χ2n) is 9.16. The molecule has 2 aromatic rings. The van der Waals surface area contributed by atoms with E-state index in [4.69, 9.17) is 9.47 Å². The van der Waals surface area contributed by atoms with Crippen LogP contribution in [0.25, 0.3) is 0 Å². The molecular formula is C24H32N2O4. The Balaban J connectivity index is 1.86. The molecule has 0 atom stereocenters. The van der Waals surface area contributed by atoms with Crippen LogP contribution in [0, 0.1) is 5.41 Å². The lowest BCUT2D eigenvalue weighted by atomic mass is 9.72. The second kappa shape index (κ2) is 9.65. The molecule has 0 saturated heterocycles. The highest BCUT2D eigenvalue weighted by molar-refractivity contribution is 5.83. The van der Waals surface area contributed by atoms with E-state index >= 15 is 0 Å². The number of nitrogens with zero attached hydrogens (tertiary/aromatic N) is 1.